The van der Waals surface area contributed by atoms with Crippen LogP contribution in [0.25, 0.3) is 0 Å². The number of rotatable bonds is 8. The van der Waals surface area contributed by atoms with Crippen LogP contribution >= 0.6 is 46.1 Å². The lowest BCUT2D eigenvalue weighted by Gasteiger charge is -2.24. The molecule has 7 N–H and O–H groups in total. The second-order valence-corrected chi connectivity index (χ2v) is 11.5. The van der Waals surface area contributed by atoms with Gasteiger partial charge in [-0.1, -0.05) is 12.7 Å². The molecule has 0 spiro atoms. The van der Waals surface area contributed by atoms with Gasteiger partial charge in [-0.15, -0.1) is 0 Å². The summed E-state index contributed by atoms with van der Waals surface area (Å²) in [5.41, 5.74) is 6.09. The van der Waals surface area contributed by atoms with Crippen LogP contribution < -0.4 is 5.73 Å². The second kappa shape index (κ2) is 9.25. The molecule has 0 aliphatic carbocycles. The molecule has 14 nitrogen and oxygen atoms in total. The van der Waals surface area contributed by atoms with Crippen molar-refractivity contribution in [3.05, 3.63) is 21.9 Å². The number of halogens is 1. The lowest BCUT2D eigenvalue weighted by atomic mass is 9.94. The van der Waals surface area contributed by atoms with Gasteiger partial charge in [0, 0.05) is 18.0 Å². The number of hydrogen-bond donors (Lipinski definition) is 6. The first kappa shape index (κ1) is 25.3. The molecule has 18 heteroatoms. The molecule has 0 aromatic heterocycles. The zero-order valence-electron chi connectivity index (χ0n) is 14.3. The number of aliphatic imine (C=N–C) groups is 1. The van der Waals surface area contributed by atoms with Gasteiger partial charge in [-0.25, -0.2) is 18.7 Å². The molecular formula is C11H18IN2O12P3. The van der Waals surface area contributed by atoms with Crippen molar-refractivity contribution in [2.45, 2.75) is 24.7 Å². The van der Waals surface area contributed by atoms with E-state index in [1.807, 2.05) is 22.6 Å². The van der Waals surface area contributed by atoms with Crippen molar-refractivity contribution >= 4 is 51.9 Å². The number of ether oxygens (including phenoxy) is 1. The maximum atomic E-state index is 11.7. The predicted molar refractivity (Wildman–Crippen MR) is 105 cm³/mol. The Kier molecular flexibility index (Phi) is 8.06. The Morgan fingerprint density at radius 2 is 1.86 bits per heavy atom. The standard InChI is InChI=1S/C11H18IN2O12P3/c1-5-6(2-7(12)11(13)14-5)9-3-8(15)10(24-9)4-23-28(19,20)26-29(21,22)25-27(16,17)18/h2,6,8-10,15H,1,3-4H2,(H2,13,14)(H,19,20)(H,21,22)(H2,16,17,18). The van der Waals surface area contributed by atoms with Crippen LogP contribution in [-0.4, -0.2) is 55.4 Å². The van der Waals surface area contributed by atoms with Gasteiger partial charge >= 0.3 is 23.5 Å². The Morgan fingerprint density at radius 3 is 2.45 bits per heavy atom. The minimum atomic E-state index is -5.62. The Morgan fingerprint density at radius 1 is 1.24 bits per heavy atom. The molecular weight excluding hydrogens is 572 g/mol. The number of dihydropyridines is 1. The van der Waals surface area contributed by atoms with E-state index in [1.165, 1.54) is 0 Å². The number of aliphatic hydroxyl groups excluding tert-OH is 1. The molecule has 2 aliphatic heterocycles. The largest absolute Gasteiger partial charge is 0.490 e. The summed E-state index contributed by atoms with van der Waals surface area (Å²) in [6.07, 6.45) is -1.01. The fourth-order valence-corrected chi connectivity index (χ4v) is 6.09. The molecule has 0 amide bonds. The van der Waals surface area contributed by atoms with E-state index < -0.39 is 54.3 Å². The van der Waals surface area contributed by atoms with Crippen molar-refractivity contribution < 1.29 is 56.3 Å². The molecule has 1 fully saturated rings. The summed E-state index contributed by atoms with van der Waals surface area (Å²) in [5.74, 6) is -0.130. The molecule has 2 heterocycles. The number of hydrogen-bond acceptors (Lipinski definition) is 10. The highest BCUT2D eigenvalue weighted by Crippen LogP contribution is 2.66. The molecule has 6 unspecified atom stereocenters. The Labute approximate surface area is 178 Å². The van der Waals surface area contributed by atoms with E-state index >= 15 is 0 Å². The summed E-state index contributed by atoms with van der Waals surface area (Å²) in [4.78, 5) is 39.6. The molecule has 2 aliphatic rings. The minimum absolute atomic E-state index is 0.101. The summed E-state index contributed by atoms with van der Waals surface area (Å²) in [7, 11) is -16.4. The molecule has 0 saturated carbocycles. The fourth-order valence-electron chi connectivity index (χ4n) is 2.56. The van der Waals surface area contributed by atoms with Crippen LogP contribution in [-0.2, 0) is 31.6 Å². The van der Waals surface area contributed by atoms with Gasteiger partial charge in [0.05, 0.1) is 22.4 Å². The van der Waals surface area contributed by atoms with Crippen molar-refractivity contribution in [3.63, 3.8) is 0 Å². The molecule has 0 bridgehead atoms. The lowest BCUT2D eigenvalue weighted by Crippen LogP contribution is -2.28. The van der Waals surface area contributed by atoms with E-state index in [0.29, 0.717) is 9.28 Å². The predicted octanol–water partition coefficient (Wildman–Crippen LogP) is 0.668. The number of aliphatic hydroxyl groups is 1. The first-order valence-electron chi connectivity index (χ1n) is 7.61. The average Bonchev–Trinajstić information content (AvgIpc) is 2.86. The monoisotopic (exact) mass is 590 g/mol. The SMILES string of the molecule is C=C1N=C(N)C(I)=CC1C1CC(O)C(COP(=O)(O)OP(=O)(O)OP(=O)(O)O)O1. The zero-order valence-corrected chi connectivity index (χ0v) is 19.2. The summed E-state index contributed by atoms with van der Waals surface area (Å²) in [6, 6.07) is 0. The quantitative estimate of drug-likeness (QED) is 0.169. The number of amidine groups is 1. The topological polar surface area (TPSA) is 228 Å². The highest BCUT2D eigenvalue weighted by atomic mass is 127. The molecule has 1 saturated heterocycles. The lowest BCUT2D eigenvalue weighted by molar-refractivity contribution is -0.0283. The van der Waals surface area contributed by atoms with E-state index in [2.05, 4.69) is 24.7 Å². The van der Waals surface area contributed by atoms with Crippen molar-refractivity contribution in [3.8, 4) is 0 Å². The van der Waals surface area contributed by atoms with Crippen molar-refractivity contribution in [2.24, 2.45) is 16.6 Å². The van der Waals surface area contributed by atoms with E-state index in [9.17, 15) is 23.7 Å². The Bertz CT molecular complexity index is 871. The number of phosphoric acid groups is 3. The van der Waals surface area contributed by atoms with Crippen LogP contribution in [0.4, 0.5) is 0 Å². The number of nitrogens with zero attached hydrogens (tertiary/aromatic N) is 1. The van der Waals surface area contributed by atoms with Crippen LogP contribution in [0, 0.1) is 5.92 Å². The summed E-state index contributed by atoms with van der Waals surface area (Å²) >= 11 is 1.97. The van der Waals surface area contributed by atoms with Gasteiger partial charge in [-0.05, 0) is 22.6 Å². The third kappa shape index (κ3) is 7.58. The van der Waals surface area contributed by atoms with Crippen molar-refractivity contribution in [1.82, 2.24) is 0 Å². The van der Waals surface area contributed by atoms with Crippen molar-refractivity contribution in [1.29, 1.82) is 0 Å². The second-order valence-electron chi connectivity index (χ2n) is 5.93. The number of phosphoric ester groups is 1. The first-order valence-corrected chi connectivity index (χ1v) is 13.2. The highest BCUT2D eigenvalue weighted by molar-refractivity contribution is 14.1. The maximum absolute atomic E-state index is 11.7. The Balaban J connectivity index is 1.96. The molecule has 0 radical (unpaired) electrons. The van der Waals surface area contributed by atoms with Crippen molar-refractivity contribution in [2.75, 3.05) is 6.61 Å². The van der Waals surface area contributed by atoms with Gasteiger partial charge < -0.3 is 35.2 Å². The normalized spacial score (nSPS) is 32.3. The van der Waals surface area contributed by atoms with Crippen LogP contribution in [0.1, 0.15) is 6.42 Å². The molecule has 29 heavy (non-hydrogen) atoms. The fraction of sp³-hybridized carbons (Fsp3) is 0.545. The third-order valence-electron chi connectivity index (χ3n) is 3.69. The van der Waals surface area contributed by atoms with Gasteiger partial charge in [0.2, 0.25) is 0 Å². The van der Waals surface area contributed by atoms with Gasteiger partial charge in [0.15, 0.2) is 0 Å². The highest BCUT2D eigenvalue weighted by Gasteiger charge is 2.44. The molecule has 0 aromatic carbocycles. The van der Waals surface area contributed by atoms with E-state index in [4.69, 9.17) is 25.2 Å². The summed E-state index contributed by atoms with van der Waals surface area (Å²) in [6.45, 7) is 3.04. The molecule has 0 aromatic rings. The molecule has 2 rings (SSSR count). The molecule has 6 atom stereocenters. The first-order chi connectivity index (χ1) is 13.1. The summed E-state index contributed by atoms with van der Waals surface area (Å²) in [5, 5.41) is 10.1. The van der Waals surface area contributed by atoms with Crippen LogP contribution in [0.2, 0.25) is 0 Å². The number of nitrogens with two attached hydrogens (primary N) is 1. The van der Waals surface area contributed by atoms with Gasteiger partial charge in [0.25, 0.3) is 0 Å². The van der Waals surface area contributed by atoms with Gasteiger partial charge in [0.1, 0.15) is 11.9 Å². The van der Waals surface area contributed by atoms with Crippen LogP contribution in [0.3, 0.4) is 0 Å². The van der Waals surface area contributed by atoms with Crippen LogP contribution in [0.15, 0.2) is 26.9 Å². The zero-order chi connectivity index (χ0) is 22.2. The smallest absolute Gasteiger partial charge is 0.390 e. The van der Waals surface area contributed by atoms with Gasteiger partial charge in [-0.2, -0.15) is 8.62 Å². The molecule has 166 valence electrons. The Hall–Kier alpha value is 0.01000. The summed E-state index contributed by atoms with van der Waals surface area (Å²) < 4.78 is 51.6. The minimum Gasteiger partial charge on any atom is -0.390 e. The van der Waals surface area contributed by atoms with E-state index in [-0.39, 0.29) is 12.3 Å². The maximum Gasteiger partial charge on any atom is 0.490 e. The van der Waals surface area contributed by atoms with E-state index in [0.717, 1.165) is 0 Å². The van der Waals surface area contributed by atoms with Gasteiger partial charge in [-0.3, -0.25) is 4.52 Å². The third-order valence-corrected chi connectivity index (χ3v) is 8.41. The van der Waals surface area contributed by atoms with Crippen LogP contribution in [0.5, 0.6) is 0 Å². The average molecular weight is 590 g/mol. The van der Waals surface area contributed by atoms with E-state index in [1.54, 1.807) is 6.08 Å².